The Labute approximate surface area is 127 Å². The number of nitrogens with zero attached hydrogens (tertiary/aromatic N) is 3. The molecular weight excluding hydrogens is 284 g/mol. The summed E-state index contributed by atoms with van der Waals surface area (Å²) < 4.78 is 7.70. The molecule has 0 amide bonds. The number of ether oxygens (including phenoxy) is 1. The summed E-state index contributed by atoms with van der Waals surface area (Å²) >= 11 is 1.59. The minimum atomic E-state index is 0.569. The van der Waals surface area contributed by atoms with Gasteiger partial charge in [0.2, 0.25) is 4.96 Å². The van der Waals surface area contributed by atoms with Crippen molar-refractivity contribution in [3.05, 3.63) is 35.5 Å². The van der Waals surface area contributed by atoms with E-state index in [4.69, 9.17) is 10.5 Å². The molecule has 2 heterocycles. The highest BCUT2D eigenvalue weighted by atomic mass is 32.1. The molecule has 2 aromatic heterocycles. The van der Waals surface area contributed by atoms with E-state index in [9.17, 15) is 0 Å². The highest BCUT2D eigenvalue weighted by Gasteiger charge is 2.12. The standard InChI is InChI=1S/C15H18N4OS/c1-2-9-20-12-5-3-11(4-6-12)13-10-21-15-18-17-14(7-8-16)19(13)15/h3-6,10H,2,7-9,16H2,1H3. The maximum atomic E-state index is 5.64. The van der Waals surface area contributed by atoms with Gasteiger partial charge >= 0.3 is 0 Å². The summed E-state index contributed by atoms with van der Waals surface area (Å²) in [6.07, 6.45) is 1.73. The first kappa shape index (κ1) is 14.0. The van der Waals surface area contributed by atoms with Gasteiger partial charge in [0.05, 0.1) is 12.3 Å². The molecule has 21 heavy (non-hydrogen) atoms. The number of benzene rings is 1. The van der Waals surface area contributed by atoms with Crippen molar-refractivity contribution in [3.8, 4) is 17.0 Å². The molecule has 5 nitrogen and oxygen atoms in total. The van der Waals surface area contributed by atoms with E-state index in [1.807, 2.05) is 12.1 Å². The molecule has 0 aliphatic carbocycles. The first-order valence-electron chi connectivity index (χ1n) is 7.08. The van der Waals surface area contributed by atoms with Crippen molar-refractivity contribution in [2.24, 2.45) is 5.73 Å². The summed E-state index contributed by atoms with van der Waals surface area (Å²) in [6, 6.07) is 8.14. The fraction of sp³-hybridized carbons (Fsp3) is 0.333. The van der Waals surface area contributed by atoms with Crippen LogP contribution in [0.5, 0.6) is 5.75 Å². The lowest BCUT2D eigenvalue weighted by molar-refractivity contribution is 0.317. The van der Waals surface area contributed by atoms with Crippen molar-refractivity contribution >= 4 is 16.3 Å². The largest absolute Gasteiger partial charge is 0.494 e. The molecule has 0 unspecified atom stereocenters. The van der Waals surface area contributed by atoms with Crippen molar-refractivity contribution in [1.29, 1.82) is 0 Å². The number of fused-ring (bicyclic) bond motifs is 1. The molecule has 0 fully saturated rings. The van der Waals surface area contributed by atoms with Crippen molar-refractivity contribution in [2.75, 3.05) is 13.2 Å². The van der Waals surface area contributed by atoms with Crippen molar-refractivity contribution in [3.63, 3.8) is 0 Å². The Morgan fingerprint density at radius 2 is 2.05 bits per heavy atom. The summed E-state index contributed by atoms with van der Waals surface area (Å²) in [4.78, 5) is 0.903. The number of hydrogen-bond donors (Lipinski definition) is 1. The summed E-state index contributed by atoms with van der Waals surface area (Å²) in [5.74, 6) is 1.81. The van der Waals surface area contributed by atoms with Gasteiger partial charge < -0.3 is 10.5 Å². The second-order valence-electron chi connectivity index (χ2n) is 4.77. The van der Waals surface area contributed by atoms with Crippen molar-refractivity contribution in [2.45, 2.75) is 19.8 Å². The fourth-order valence-corrected chi connectivity index (χ4v) is 3.07. The fourth-order valence-electron chi connectivity index (χ4n) is 2.21. The molecule has 0 spiro atoms. The molecule has 6 heteroatoms. The second-order valence-corrected chi connectivity index (χ2v) is 5.60. The Kier molecular flexibility index (Phi) is 4.17. The van der Waals surface area contributed by atoms with E-state index in [1.165, 1.54) is 0 Å². The van der Waals surface area contributed by atoms with Crippen molar-refractivity contribution in [1.82, 2.24) is 14.6 Å². The lowest BCUT2D eigenvalue weighted by Gasteiger charge is -2.06. The molecule has 3 rings (SSSR count). The Hall–Kier alpha value is -1.92. The Morgan fingerprint density at radius 1 is 1.24 bits per heavy atom. The van der Waals surface area contributed by atoms with E-state index in [2.05, 4.69) is 39.0 Å². The predicted octanol–water partition coefficient (Wildman–Crippen LogP) is 2.75. The topological polar surface area (TPSA) is 65.4 Å². The van der Waals surface area contributed by atoms with Crippen LogP contribution in [-0.2, 0) is 6.42 Å². The van der Waals surface area contributed by atoms with Crippen LogP contribution in [-0.4, -0.2) is 27.7 Å². The smallest absolute Gasteiger partial charge is 0.216 e. The third kappa shape index (κ3) is 2.77. The van der Waals surface area contributed by atoms with Gasteiger partial charge in [-0.05, 0) is 42.8 Å². The van der Waals surface area contributed by atoms with E-state index in [1.54, 1.807) is 11.3 Å². The summed E-state index contributed by atoms with van der Waals surface area (Å²) in [7, 11) is 0. The lowest BCUT2D eigenvalue weighted by atomic mass is 10.1. The number of thiazole rings is 1. The lowest BCUT2D eigenvalue weighted by Crippen LogP contribution is -2.06. The molecule has 0 atom stereocenters. The van der Waals surface area contributed by atoms with Gasteiger partial charge in [0.1, 0.15) is 11.6 Å². The Bertz CT molecular complexity index is 717. The van der Waals surface area contributed by atoms with Crippen LogP contribution < -0.4 is 10.5 Å². The quantitative estimate of drug-likeness (QED) is 0.760. The van der Waals surface area contributed by atoms with Gasteiger partial charge in [-0.1, -0.05) is 6.92 Å². The minimum Gasteiger partial charge on any atom is -0.494 e. The van der Waals surface area contributed by atoms with Gasteiger partial charge in [-0.2, -0.15) is 0 Å². The summed E-state index contributed by atoms with van der Waals surface area (Å²) in [5.41, 5.74) is 7.87. The predicted molar refractivity (Wildman–Crippen MR) is 84.8 cm³/mol. The normalized spacial score (nSPS) is 11.1. The highest BCUT2D eigenvalue weighted by molar-refractivity contribution is 7.15. The molecule has 0 aliphatic heterocycles. The van der Waals surface area contributed by atoms with Gasteiger partial charge in [-0.3, -0.25) is 4.40 Å². The molecule has 110 valence electrons. The van der Waals surface area contributed by atoms with E-state index in [0.717, 1.165) is 47.2 Å². The van der Waals surface area contributed by atoms with Crippen LogP contribution in [0.4, 0.5) is 0 Å². The van der Waals surface area contributed by atoms with Gasteiger partial charge in [0.15, 0.2) is 0 Å². The second kappa shape index (κ2) is 6.24. The zero-order chi connectivity index (χ0) is 14.7. The van der Waals surface area contributed by atoms with E-state index in [0.29, 0.717) is 6.54 Å². The Balaban J connectivity index is 1.94. The SMILES string of the molecule is CCCOc1ccc(-c2csc3nnc(CCN)n23)cc1. The van der Waals surface area contributed by atoms with Crippen LogP contribution in [0.3, 0.4) is 0 Å². The van der Waals surface area contributed by atoms with Crippen LogP contribution in [0.2, 0.25) is 0 Å². The number of nitrogens with two attached hydrogens (primary N) is 1. The van der Waals surface area contributed by atoms with E-state index in [-0.39, 0.29) is 0 Å². The van der Waals surface area contributed by atoms with Crippen LogP contribution >= 0.6 is 11.3 Å². The molecule has 0 aliphatic rings. The maximum Gasteiger partial charge on any atom is 0.216 e. The van der Waals surface area contributed by atoms with Gasteiger partial charge in [-0.25, -0.2) is 0 Å². The Morgan fingerprint density at radius 3 is 2.76 bits per heavy atom. The number of rotatable bonds is 6. The molecule has 0 radical (unpaired) electrons. The molecule has 0 saturated carbocycles. The molecule has 0 saturated heterocycles. The summed E-state index contributed by atoms with van der Waals surface area (Å²) in [5, 5.41) is 10.5. The molecule has 3 aromatic rings. The third-order valence-electron chi connectivity index (χ3n) is 3.21. The zero-order valence-electron chi connectivity index (χ0n) is 12.0. The highest BCUT2D eigenvalue weighted by Crippen LogP contribution is 2.28. The van der Waals surface area contributed by atoms with E-state index >= 15 is 0 Å². The first-order chi connectivity index (χ1) is 10.3. The molecular formula is C15H18N4OS. The van der Waals surface area contributed by atoms with Crippen LogP contribution in [0.15, 0.2) is 29.6 Å². The maximum absolute atomic E-state index is 5.64. The molecule has 0 bridgehead atoms. The van der Waals surface area contributed by atoms with Gasteiger partial charge in [0.25, 0.3) is 0 Å². The number of hydrogen-bond acceptors (Lipinski definition) is 5. The molecule has 2 N–H and O–H groups in total. The zero-order valence-corrected chi connectivity index (χ0v) is 12.8. The van der Waals surface area contributed by atoms with E-state index < -0.39 is 0 Å². The summed E-state index contributed by atoms with van der Waals surface area (Å²) in [6.45, 7) is 3.41. The van der Waals surface area contributed by atoms with Crippen LogP contribution in [0.1, 0.15) is 19.2 Å². The van der Waals surface area contributed by atoms with Gasteiger partial charge in [-0.15, -0.1) is 21.5 Å². The van der Waals surface area contributed by atoms with Crippen molar-refractivity contribution < 1.29 is 4.74 Å². The van der Waals surface area contributed by atoms with Crippen LogP contribution in [0, 0.1) is 0 Å². The average Bonchev–Trinajstić information content (AvgIpc) is 3.09. The first-order valence-corrected chi connectivity index (χ1v) is 7.96. The van der Waals surface area contributed by atoms with Gasteiger partial charge in [0, 0.05) is 11.8 Å². The monoisotopic (exact) mass is 302 g/mol. The minimum absolute atomic E-state index is 0.569. The number of aromatic nitrogens is 3. The third-order valence-corrected chi connectivity index (χ3v) is 4.02. The molecule has 1 aromatic carbocycles. The average molecular weight is 302 g/mol. The van der Waals surface area contributed by atoms with Crippen LogP contribution in [0.25, 0.3) is 16.2 Å².